The average molecular weight is 374 g/mol. The lowest BCUT2D eigenvalue weighted by atomic mass is 10.1. The quantitative estimate of drug-likeness (QED) is 0.595. The summed E-state index contributed by atoms with van der Waals surface area (Å²) in [5.74, 6) is 0.0616. The number of Topliss-reactive ketones (excluding diaryl/α,β-unsaturated/α-hetero) is 1. The van der Waals surface area contributed by atoms with Crippen molar-refractivity contribution in [1.82, 2.24) is 0 Å². The number of hydrogen-bond acceptors (Lipinski definition) is 3. The van der Waals surface area contributed by atoms with Crippen LogP contribution < -0.4 is 5.32 Å². The zero-order valence-corrected chi connectivity index (χ0v) is 14.7. The predicted octanol–water partition coefficient (Wildman–Crippen LogP) is 5.71. The van der Waals surface area contributed by atoms with Gasteiger partial charge in [0.05, 0.1) is 5.02 Å². The molecular formula is C19H13Cl2NO3. The van der Waals surface area contributed by atoms with Crippen LogP contribution in [-0.2, 0) is 0 Å². The van der Waals surface area contributed by atoms with Crippen molar-refractivity contribution in [3.05, 3.63) is 76.0 Å². The van der Waals surface area contributed by atoms with Crippen LogP contribution in [0.2, 0.25) is 10.0 Å². The molecule has 1 aromatic heterocycles. The molecule has 0 aliphatic carbocycles. The molecule has 0 saturated carbocycles. The average Bonchev–Trinajstić information content (AvgIpc) is 3.07. The van der Waals surface area contributed by atoms with Gasteiger partial charge in [-0.3, -0.25) is 9.59 Å². The van der Waals surface area contributed by atoms with E-state index in [1.165, 1.54) is 6.92 Å². The molecule has 0 aliphatic rings. The smallest absolute Gasteiger partial charge is 0.291 e. The molecule has 3 rings (SSSR count). The van der Waals surface area contributed by atoms with E-state index < -0.39 is 5.91 Å². The molecule has 0 unspecified atom stereocenters. The highest BCUT2D eigenvalue weighted by molar-refractivity contribution is 6.35. The van der Waals surface area contributed by atoms with E-state index in [1.807, 2.05) is 0 Å². The van der Waals surface area contributed by atoms with Gasteiger partial charge in [-0.15, -0.1) is 0 Å². The van der Waals surface area contributed by atoms with Gasteiger partial charge >= 0.3 is 0 Å². The molecule has 0 radical (unpaired) electrons. The van der Waals surface area contributed by atoms with E-state index in [4.69, 9.17) is 27.6 Å². The Morgan fingerprint density at radius 3 is 2.56 bits per heavy atom. The molecule has 2 aromatic carbocycles. The zero-order valence-electron chi connectivity index (χ0n) is 13.2. The van der Waals surface area contributed by atoms with Gasteiger partial charge in [0.1, 0.15) is 5.76 Å². The topological polar surface area (TPSA) is 59.3 Å². The van der Waals surface area contributed by atoms with Crippen molar-refractivity contribution < 1.29 is 14.0 Å². The molecule has 0 saturated heterocycles. The monoisotopic (exact) mass is 373 g/mol. The minimum atomic E-state index is -0.426. The molecular weight excluding hydrogens is 361 g/mol. The molecule has 25 heavy (non-hydrogen) atoms. The summed E-state index contributed by atoms with van der Waals surface area (Å²) in [7, 11) is 0. The third-order valence-electron chi connectivity index (χ3n) is 3.55. The molecule has 1 heterocycles. The molecule has 3 aromatic rings. The first-order chi connectivity index (χ1) is 11.9. The van der Waals surface area contributed by atoms with Crippen molar-refractivity contribution in [2.24, 2.45) is 0 Å². The Labute approximate surface area is 154 Å². The van der Waals surface area contributed by atoms with Crippen molar-refractivity contribution in [2.45, 2.75) is 6.92 Å². The Hall–Kier alpha value is -2.56. The molecule has 0 atom stereocenters. The predicted molar refractivity (Wildman–Crippen MR) is 98.6 cm³/mol. The Balaban J connectivity index is 1.82. The van der Waals surface area contributed by atoms with Gasteiger partial charge in [0.25, 0.3) is 5.91 Å². The van der Waals surface area contributed by atoms with E-state index in [2.05, 4.69) is 5.32 Å². The van der Waals surface area contributed by atoms with Crippen LogP contribution in [0, 0.1) is 0 Å². The van der Waals surface area contributed by atoms with E-state index >= 15 is 0 Å². The van der Waals surface area contributed by atoms with Crippen molar-refractivity contribution in [3.8, 4) is 11.3 Å². The number of carbonyl (C=O) groups excluding carboxylic acids is 2. The van der Waals surface area contributed by atoms with Crippen LogP contribution in [0.25, 0.3) is 11.3 Å². The molecule has 126 valence electrons. The molecule has 0 bridgehead atoms. The molecule has 0 aliphatic heterocycles. The summed E-state index contributed by atoms with van der Waals surface area (Å²) in [6.45, 7) is 1.47. The molecule has 0 spiro atoms. The summed E-state index contributed by atoms with van der Waals surface area (Å²) >= 11 is 12.1. The first kappa shape index (κ1) is 17.3. The van der Waals surface area contributed by atoms with Crippen molar-refractivity contribution >= 4 is 40.6 Å². The lowest BCUT2D eigenvalue weighted by Crippen LogP contribution is -2.11. The number of rotatable bonds is 4. The summed E-state index contributed by atoms with van der Waals surface area (Å²) in [5.41, 5.74) is 1.63. The fourth-order valence-electron chi connectivity index (χ4n) is 2.30. The minimum Gasteiger partial charge on any atom is -0.451 e. The first-order valence-corrected chi connectivity index (χ1v) is 8.17. The molecule has 0 fully saturated rings. The van der Waals surface area contributed by atoms with E-state index in [0.717, 1.165) is 0 Å². The first-order valence-electron chi connectivity index (χ1n) is 7.41. The van der Waals surface area contributed by atoms with Crippen LogP contribution >= 0.6 is 23.2 Å². The van der Waals surface area contributed by atoms with E-state index in [-0.39, 0.29) is 11.5 Å². The molecule has 1 N–H and O–H groups in total. The fourth-order valence-corrected chi connectivity index (χ4v) is 2.68. The number of anilines is 1. The number of nitrogens with one attached hydrogen (secondary N) is 1. The number of furan rings is 1. The normalized spacial score (nSPS) is 10.5. The zero-order chi connectivity index (χ0) is 18.0. The lowest BCUT2D eigenvalue weighted by molar-refractivity contribution is 0.0992. The third kappa shape index (κ3) is 3.92. The fraction of sp³-hybridized carbons (Fsp3) is 0.0526. The van der Waals surface area contributed by atoms with E-state index in [9.17, 15) is 9.59 Å². The summed E-state index contributed by atoms with van der Waals surface area (Å²) in [4.78, 5) is 23.8. The van der Waals surface area contributed by atoms with Gasteiger partial charge in [0, 0.05) is 21.8 Å². The Morgan fingerprint density at radius 2 is 1.80 bits per heavy atom. The molecule has 4 nitrogen and oxygen atoms in total. The van der Waals surface area contributed by atoms with Crippen LogP contribution in [-0.4, -0.2) is 11.7 Å². The highest BCUT2D eigenvalue weighted by atomic mass is 35.5. The van der Waals surface area contributed by atoms with Gasteiger partial charge in [-0.05, 0) is 49.4 Å². The van der Waals surface area contributed by atoms with Crippen molar-refractivity contribution in [2.75, 3.05) is 5.32 Å². The maximum absolute atomic E-state index is 12.3. The second kappa shape index (κ2) is 7.13. The number of ketones is 1. The van der Waals surface area contributed by atoms with Gasteiger partial charge in [0.15, 0.2) is 11.5 Å². The number of carbonyl (C=O) groups is 2. The largest absolute Gasteiger partial charge is 0.451 e. The van der Waals surface area contributed by atoms with Gasteiger partial charge < -0.3 is 9.73 Å². The lowest BCUT2D eigenvalue weighted by Gasteiger charge is -2.05. The Bertz CT molecular complexity index is 963. The third-order valence-corrected chi connectivity index (χ3v) is 4.12. The summed E-state index contributed by atoms with van der Waals surface area (Å²) in [6, 6.07) is 14.9. The number of benzene rings is 2. The second-order valence-corrected chi connectivity index (χ2v) is 6.22. The van der Waals surface area contributed by atoms with E-state index in [1.54, 1.807) is 54.6 Å². The van der Waals surface area contributed by atoms with Crippen LogP contribution in [0.4, 0.5) is 5.69 Å². The van der Waals surface area contributed by atoms with Crippen LogP contribution in [0.5, 0.6) is 0 Å². The Morgan fingerprint density at radius 1 is 1.00 bits per heavy atom. The van der Waals surface area contributed by atoms with Crippen LogP contribution in [0.3, 0.4) is 0 Å². The SMILES string of the molecule is CC(=O)c1cccc(NC(=O)c2ccc(-c3cc(Cl)ccc3Cl)o2)c1. The van der Waals surface area contributed by atoms with Crippen LogP contribution in [0.1, 0.15) is 27.8 Å². The second-order valence-electron chi connectivity index (χ2n) is 5.38. The summed E-state index contributed by atoms with van der Waals surface area (Å²) in [6.07, 6.45) is 0. The van der Waals surface area contributed by atoms with Crippen LogP contribution in [0.15, 0.2) is 59.0 Å². The number of hydrogen-bond donors (Lipinski definition) is 1. The van der Waals surface area contributed by atoms with Crippen molar-refractivity contribution in [3.63, 3.8) is 0 Å². The minimum absolute atomic E-state index is 0.0769. The molecule has 1 amide bonds. The number of amides is 1. The molecule has 6 heteroatoms. The van der Waals surface area contributed by atoms with Gasteiger partial charge in [-0.2, -0.15) is 0 Å². The maximum atomic E-state index is 12.3. The highest BCUT2D eigenvalue weighted by Crippen LogP contribution is 2.32. The van der Waals surface area contributed by atoms with Gasteiger partial charge in [0.2, 0.25) is 0 Å². The highest BCUT2D eigenvalue weighted by Gasteiger charge is 2.15. The number of halogens is 2. The Kier molecular flexibility index (Phi) is 4.93. The standard InChI is InChI=1S/C19H13Cl2NO3/c1-11(23)12-3-2-4-14(9-12)22-19(24)18-8-7-17(25-18)15-10-13(20)5-6-16(15)21/h2-10H,1H3,(H,22,24). The van der Waals surface area contributed by atoms with Crippen molar-refractivity contribution in [1.29, 1.82) is 0 Å². The van der Waals surface area contributed by atoms with Gasteiger partial charge in [-0.25, -0.2) is 0 Å². The maximum Gasteiger partial charge on any atom is 0.291 e. The summed E-state index contributed by atoms with van der Waals surface area (Å²) < 4.78 is 5.60. The van der Waals surface area contributed by atoms with E-state index in [0.29, 0.717) is 32.6 Å². The summed E-state index contributed by atoms with van der Waals surface area (Å²) in [5, 5.41) is 3.69. The van der Waals surface area contributed by atoms with Gasteiger partial charge in [-0.1, -0.05) is 35.3 Å².